The number of amides is 2. The van der Waals surface area contributed by atoms with Crippen LogP contribution in [-0.4, -0.2) is 69.1 Å². The van der Waals surface area contributed by atoms with E-state index in [0.29, 0.717) is 16.9 Å². The Morgan fingerprint density at radius 1 is 1.16 bits per heavy atom. The van der Waals surface area contributed by atoms with E-state index in [0.717, 1.165) is 12.1 Å². The molecule has 5 rings (SSSR count). The fourth-order valence-electron chi connectivity index (χ4n) is 5.95. The van der Waals surface area contributed by atoms with Gasteiger partial charge in [-0.15, -0.1) is 0 Å². The van der Waals surface area contributed by atoms with Crippen molar-refractivity contribution in [2.75, 3.05) is 31.6 Å². The van der Waals surface area contributed by atoms with Gasteiger partial charge in [0.2, 0.25) is 5.91 Å². The van der Waals surface area contributed by atoms with Gasteiger partial charge >= 0.3 is 0 Å². The van der Waals surface area contributed by atoms with Crippen LogP contribution in [-0.2, 0) is 4.79 Å². The molecular weight excluding hydrogens is 582 g/mol. The molecule has 2 amide bonds. The van der Waals surface area contributed by atoms with Crippen LogP contribution in [0.2, 0.25) is 0 Å². The molecule has 3 aromatic heterocycles. The molecule has 0 unspecified atom stereocenters. The number of benzene rings is 1. The number of nitrogens with one attached hydrogen (secondary N) is 1. The molecule has 0 spiro atoms. The van der Waals surface area contributed by atoms with E-state index in [1.54, 1.807) is 29.0 Å². The summed E-state index contributed by atoms with van der Waals surface area (Å²) in [4.78, 5) is 53.1. The lowest BCUT2D eigenvalue weighted by molar-refractivity contribution is -0.128. The maximum atomic E-state index is 16.1. The van der Waals surface area contributed by atoms with E-state index in [4.69, 9.17) is 0 Å². The zero-order valence-electron chi connectivity index (χ0n) is 25.7. The highest BCUT2D eigenvalue weighted by atomic mass is 19.1. The molecule has 2 N–H and O–H groups in total. The number of aromatic hydroxyl groups is 1. The molecule has 4 aromatic rings. The van der Waals surface area contributed by atoms with Crippen LogP contribution in [0.1, 0.15) is 48.3 Å². The Kier molecular flexibility index (Phi) is 8.42. The Labute approximate surface area is 258 Å². The molecule has 0 aliphatic carbocycles. The second kappa shape index (κ2) is 12.1. The van der Waals surface area contributed by atoms with Crippen LogP contribution >= 0.6 is 0 Å². The van der Waals surface area contributed by atoms with Gasteiger partial charge in [0.1, 0.15) is 22.8 Å². The van der Waals surface area contributed by atoms with Gasteiger partial charge in [0.25, 0.3) is 11.5 Å². The van der Waals surface area contributed by atoms with Gasteiger partial charge in [-0.05, 0) is 55.7 Å². The number of aromatic nitrogens is 3. The molecule has 1 aliphatic heterocycles. The van der Waals surface area contributed by atoms with E-state index in [-0.39, 0.29) is 59.8 Å². The summed E-state index contributed by atoms with van der Waals surface area (Å²) in [6, 6.07) is 6.03. The quantitative estimate of drug-likeness (QED) is 0.307. The van der Waals surface area contributed by atoms with E-state index in [9.17, 15) is 19.5 Å². The maximum absolute atomic E-state index is 16.1. The molecule has 0 saturated carbocycles. The highest BCUT2D eigenvalue weighted by Crippen LogP contribution is 2.38. The van der Waals surface area contributed by atoms with Gasteiger partial charge < -0.3 is 20.2 Å². The topological polar surface area (TPSA) is 121 Å². The number of phenolic OH excluding ortho intramolecular Hbond substituents is 1. The van der Waals surface area contributed by atoms with Crippen LogP contribution < -0.4 is 15.8 Å². The van der Waals surface area contributed by atoms with Crippen molar-refractivity contribution >= 4 is 28.5 Å². The van der Waals surface area contributed by atoms with E-state index in [2.05, 4.69) is 21.9 Å². The average Bonchev–Trinajstić information content (AvgIpc) is 3.00. The van der Waals surface area contributed by atoms with Gasteiger partial charge in [0.05, 0.1) is 22.6 Å². The Morgan fingerprint density at radius 2 is 1.89 bits per heavy atom. The van der Waals surface area contributed by atoms with Crippen molar-refractivity contribution < 1.29 is 23.5 Å². The first-order valence-electron chi connectivity index (χ1n) is 14.5. The van der Waals surface area contributed by atoms with Crippen LogP contribution in [0.15, 0.2) is 54.0 Å². The SMILES string of the molecule is C=CC(=O)N1CCN(c2c(C(=O)NC)c(=O)n(-c3c(C)ccnc3C(C)C)c3nc(-c4c(O)cccc4F)c(F)cc23)C[C@H]1C. The van der Waals surface area contributed by atoms with Gasteiger partial charge in [-0.1, -0.05) is 26.5 Å². The van der Waals surface area contributed by atoms with E-state index in [1.807, 2.05) is 20.8 Å². The number of carbonyl (C=O) groups is 2. The van der Waals surface area contributed by atoms with Gasteiger partial charge in [0, 0.05) is 44.3 Å². The Bertz CT molecular complexity index is 1900. The highest BCUT2D eigenvalue weighted by Gasteiger charge is 2.34. The van der Waals surface area contributed by atoms with Crippen molar-refractivity contribution in [3.8, 4) is 22.7 Å². The van der Waals surface area contributed by atoms with E-state index >= 15 is 8.78 Å². The highest BCUT2D eigenvalue weighted by molar-refractivity contribution is 6.07. The minimum atomic E-state index is -0.974. The molecule has 1 saturated heterocycles. The molecule has 1 atom stereocenters. The zero-order valence-corrected chi connectivity index (χ0v) is 25.7. The average molecular weight is 617 g/mol. The number of aryl methyl sites for hydroxylation is 1. The van der Waals surface area contributed by atoms with Crippen molar-refractivity contribution in [3.63, 3.8) is 0 Å². The molecule has 10 nitrogen and oxygen atoms in total. The summed E-state index contributed by atoms with van der Waals surface area (Å²) in [7, 11) is 1.39. The minimum Gasteiger partial charge on any atom is -0.507 e. The fraction of sp³-hybridized carbons (Fsp3) is 0.303. The van der Waals surface area contributed by atoms with Crippen molar-refractivity contribution in [1.82, 2.24) is 24.8 Å². The molecule has 234 valence electrons. The third kappa shape index (κ3) is 5.30. The second-order valence-electron chi connectivity index (χ2n) is 11.3. The predicted octanol–water partition coefficient (Wildman–Crippen LogP) is 4.45. The molecule has 0 radical (unpaired) electrons. The van der Waals surface area contributed by atoms with Gasteiger partial charge in [-0.2, -0.15) is 0 Å². The molecule has 45 heavy (non-hydrogen) atoms. The number of piperazine rings is 1. The Hall–Kier alpha value is -5.13. The van der Waals surface area contributed by atoms with Crippen LogP contribution in [0.4, 0.5) is 14.5 Å². The van der Waals surface area contributed by atoms with Gasteiger partial charge in [0.15, 0.2) is 11.5 Å². The Balaban J connectivity index is 1.95. The van der Waals surface area contributed by atoms with Gasteiger partial charge in [-0.25, -0.2) is 13.8 Å². The lowest BCUT2D eigenvalue weighted by atomic mass is 10.0. The minimum absolute atomic E-state index is 0.0584. The summed E-state index contributed by atoms with van der Waals surface area (Å²) < 4.78 is 32.4. The van der Waals surface area contributed by atoms with Crippen LogP contribution in [0.25, 0.3) is 28.0 Å². The summed E-state index contributed by atoms with van der Waals surface area (Å²) in [5.41, 5.74) is -0.367. The lowest BCUT2D eigenvalue weighted by Gasteiger charge is -2.41. The zero-order chi connectivity index (χ0) is 32.7. The lowest BCUT2D eigenvalue weighted by Crippen LogP contribution is -2.54. The van der Waals surface area contributed by atoms with E-state index in [1.165, 1.54) is 29.8 Å². The number of phenols is 1. The van der Waals surface area contributed by atoms with Crippen molar-refractivity contribution in [1.29, 1.82) is 0 Å². The van der Waals surface area contributed by atoms with Gasteiger partial charge in [-0.3, -0.25) is 23.9 Å². The van der Waals surface area contributed by atoms with Crippen molar-refractivity contribution in [3.05, 3.63) is 88.0 Å². The monoisotopic (exact) mass is 616 g/mol. The molecular formula is C33H34F2N6O4. The van der Waals surface area contributed by atoms with Crippen molar-refractivity contribution in [2.45, 2.75) is 39.7 Å². The number of nitrogens with zero attached hydrogens (tertiary/aromatic N) is 5. The molecule has 1 fully saturated rings. The number of halogens is 2. The summed E-state index contributed by atoms with van der Waals surface area (Å²) in [6.45, 7) is 11.6. The van der Waals surface area contributed by atoms with Crippen LogP contribution in [0, 0.1) is 18.6 Å². The number of hydrogen-bond acceptors (Lipinski definition) is 7. The smallest absolute Gasteiger partial charge is 0.271 e. The van der Waals surface area contributed by atoms with Crippen LogP contribution in [0.3, 0.4) is 0 Å². The molecule has 12 heteroatoms. The predicted molar refractivity (Wildman–Crippen MR) is 168 cm³/mol. The number of anilines is 1. The maximum Gasteiger partial charge on any atom is 0.271 e. The molecule has 1 aliphatic rings. The number of pyridine rings is 3. The third-order valence-electron chi connectivity index (χ3n) is 8.09. The van der Waals surface area contributed by atoms with Crippen LogP contribution in [0.5, 0.6) is 5.75 Å². The summed E-state index contributed by atoms with van der Waals surface area (Å²) in [5, 5.41) is 13.2. The van der Waals surface area contributed by atoms with Crippen molar-refractivity contribution in [2.24, 2.45) is 0 Å². The number of carbonyl (C=O) groups excluding carboxylic acids is 2. The standard InChI is InChI=1S/C33H34F2N6O4/c1-7-24(43)40-14-13-39(16-19(40)5)30-20-15-22(35)28(25-21(34)9-8-10-23(25)42)38-31(20)41(33(45)26(30)32(44)36-6)29-18(4)11-12-37-27(29)17(2)3/h7-12,15,17,19,42H,1,13-14,16H2,2-6H3,(H,36,44)/t19-/m1/s1. The summed E-state index contributed by atoms with van der Waals surface area (Å²) in [5.74, 6) is -3.55. The first-order chi connectivity index (χ1) is 21.4. The largest absolute Gasteiger partial charge is 0.507 e. The number of hydrogen-bond donors (Lipinski definition) is 2. The third-order valence-corrected chi connectivity index (χ3v) is 8.09. The molecule has 4 heterocycles. The number of rotatable bonds is 6. The first-order valence-corrected chi connectivity index (χ1v) is 14.5. The summed E-state index contributed by atoms with van der Waals surface area (Å²) in [6.07, 6.45) is 2.83. The Morgan fingerprint density at radius 3 is 2.51 bits per heavy atom. The number of fused-ring (bicyclic) bond motifs is 1. The summed E-state index contributed by atoms with van der Waals surface area (Å²) >= 11 is 0. The molecule has 1 aromatic carbocycles. The van der Waals surface area contributed by atoms with E-state index < -0.39 is 40.1 Å². The molecule has 0 bridgehead atoms. The second-order valence-corrected chi connectivity index (χ2v) is 11.3. The first kappa shape index (κ1) is 31.3. The normalized spacial score (nSPS) is 15.1. The fourth-order valence-corrected chi connectivity index (χ4v) is 5.95.